The van der Waals surface area contributed by atoms with Crippen molar-refractivity contribution in [2.75, 3.05) is 11.1 Å². The molecule has 0 amide bonds. The molecule has 0 unspecified atom stereocenters. The fourth-order valence-corrected chi connectivity index (χ4v) is 2.51. The fourth-order valence-electron chi connectivity index (χ4n) is 2.51. The van der Waals surface area contributed by atoms with Crippen LogP contribution in [0.3, 0.4) is 0 Å². The summed E-state index contributed by atoms with van der Waals surface area (Å²) in [5, 5.41) is 11.9. The number of nitrogens with two attached hydrogens (primary N) is 1. The van der Waals surface area contributed by atoms with Crippen LogP contribution in [0, 0.1) is 18.3 Å². The van der Waals surface area contributed by atoms with Gasteiger partial charge < -0.3 is 20.5 Å². The van der Waals surface area contributed by atoms with E-state index in [-0.39, 0.29) is 24.3 Å². The molecule has 152 valence electrons. The number of esters is 1. The average Bonchev–Trinajstić information content (AvgIpc) is 2.74. The molecule has 0 saturated carbocycles. The summed E-state index contributed by atoms with van der Waals surface area (Å²) in [4.78, 5) is 24.5. The predicted molar refractivity (Wildman–Crippen MR) is 110 cm³/mol. The summed E-state index contributed by atoms with van der Waals surface area (Å²) in [6, 6.07) is 16.1. The van der Waals surface area contributed by atoms with Gasteiger partial charge in [-0.1, -0.05) is 18.2 Å². The van der Waals surface area contributed by atoms with Crippen LogP contribution in [0.15, 0.2) is 48.5 Å². The Balaban J connectivity index is 1.60. The zero-order chi connectivity index (χ0) is 21.5. The molecule has 3 rings (SSSR count). The number of nitriles is 1. The smallest absolute Gasteiger partial charge is 0.347 e. The third kappa shape index (κ3) is 5.42. The minimum absolute atomic E-state index is 0.00835. The molecule has 9 heteroatoms. The number of ether oxygens (including phenoxy) is 2. The van der Waals surface area contributed by atoms with Gasteiger partial charge in [0.25, 0.3) is 0 Å². The monoisotopic (exact) mass is 404 g/mol. The van der Waals surface area contributed by atoms with Gasteiger partial charge in [0, 0.05) is 5.69 Å². The molecular formula is C21H20N6O3. The second-order valence-corrected chi connectivity index (χ2v) is 6.38. The molecule has 3 aromatic rings. The highest BCUT2D eigenvalue weighted by Gasteiger charge is 2.17. The summed E-state index contributed by atoms with van der Waals surface area (Å²) < 4.78 is 10.8. The molecule has 0 saturated heterocycles. The summed E-state index contributed by atoms with van der Waals surface area (Å²) in [6.45, 7) is 3.33. The topological polar surface area (TPSA) is 136 Å². The molecule has 1 atom stereocenters. The standard InChI is InChI=1S/C21H20N6O3/c1-13-5-3-4-6-17(13)24-21-26-18(25-20(23)27-21)12-29-19(28)14(2)30-16-9-7-15(11-22)8-10-16/h3-10,14H,12H2,1-2H3,(H3,23,24,25,26,27)/t14-/m0/s1. The molecular weight excluding hydrogens is 384 g/mol. The van der Waals surface area contributed by atoms with Crippen molar-refractivity contribution in [3.8, 4) is 11.8 Å². The van der Waals surface area contributed by atoms with Crippen LogP contribution in [0.4, 0.5) is 17.6 Å². The first-order valence-corrected chi connectivity index (χ1v) is 9.11. The van der Waals surface area contributed by atoms with Gasteiger partial charge in [-0.15, -0.1) is 0 Å². The largest absolute Gasteiger partial charge is 0.479 e. The minimum atomic E-state index is -0.860. The lowest BCUT2D eigenvalue weighted by Crippen LogP contribution is -2.26. The number of hydrogen-bond acceptors (Lipinski definition) is 9. The Hall–Kier alpha value is -4.19. The maximum atomic E-state index is 12.2. The molecule has 0 radical (unpaired) electrons. The van der Waals surface area contributed by atoms with Gasteiger partial charge in [-0.3, -0.25) is 0 Å². The van der Waals surface area contributed by atoms with Crippen molar-refractivity contribution in [1.82, 2.24) is 15.0 Å². The number of aromatic nitrogens is 3. The van der Waals surface area contributed by atoms with Gasteiger partial charge in [-0.25, -0.2) is 4.79 Å². The van der Waals surface area contributed by atoms with Crippen LogP contribution in [-0.2, 0) is 16.1 Å². The third-order valence-corrected chi connectivity index (χ3v) is 4.06. The molecule has 30 heavy (non-hydrogen) atoms. The van der Waals surface area contributed by atoms with E-state index in [1.165, 1.54) is 0 Å². The van der Waals surface area contributed by atoms with Crippen molar-refractivity contribution >= 4 is 23.6 Å². The van der Waals surface area contributed by atoms with E-state index >= 15 is 0 Å². The van der Waals surface area contributed by atoms with E-state index in [0.717, 1.165) is 11.3 Å². The van der Waals surface area contributed by atoms with Gasteiger partial charge >= 0.3 is 5.97 Å². The number of nitrogens with one attached hydrogen (secondary N) is 1. The molecule has 3 N–H and O–H groups in total. The van der Waals surface area contributed by atoms with Crippen LogP contribution in [-0.4, -0.2) is 27.0 Å². The van der Waals surface area contributed by atoms with Crippen molar-refractivity contribution in [3.63, 3.8) is 0 Å². The van der Waals surface area contributed by atoms with Gasteiger partial charge in [0.2, 0.25) is 11.9 Å². The van der Waals surface area contributed by atoms with Crippen molar-refractivity contribution < 1.29 is 14.3 Å². The van der Waals surface area contributed by atoms with Gasteiger partial charge in [-0.2, -0.15) is 20.2 Å². The SMILES string of the molecule is Cc1ccccc1Nc1nc(N)nc(COC(=O)[C@H](C)Oc2ccc(C#N)cc2)n1. The minimum Gasteiger partial charge on any atom is -0.479 e. The maximum absolute atomic E-state index is 12.2. The summed E-state index contributed by atoms with van der Waals surface area (Å²) in [7, 11) is 0. The second-order valence-electron chi connectivity index (χ2n) is 6.38. The number of para-hydroxylation sites is 1. The van der Waals surface area contributed by atoms with E-state index < -0.39 is 12.1 Å². The Labute approximate surface area is 173 Å². The molecule has 2 aromatic carbocycles. The number of hydrogen-bond donors (Lipinski definition) is 2. The lowest BCUT2D eigenvalue weighted by Gasteiger charge is -2.14. The van der Waals surface area contributed by atoms with Gasteiger partial charge in [0.15, 0.2) is 18.5 Å². The van der Waals surface area contributed by atoms with Gasteiger partial charge in [-0.05, 0) is 49.7 Å². The highest BCUT2D eigenvalue weighted by molar-refractivity contribution is 5.74. The quantitative estimate of drug-likeness (QED) is 0.569. The molecule has 0 spiro atoms. The lowest BCUT2D eigenvalue weighted by molar-refractivity contribution is -0.152. The Morgan fingerprint density at radius 2 is 1.90 bits per heavy atom. The van der Waals surface area contributed by atoms with Crippen LogP contribution < -0.4 is 15.8 Å². The lowest BCUT2D eigenvalue weighted by atomic mass is 10.2. The number of rotatable bonds is 7. The molecule has 0 aliphatic carbocycles. The summed E-state index contributed by atoms with van der Waals surface area (Å²) in [5.74, 6) is 0.329. The molecule has 0 bridgehead atoms. The zero-order valence-electron chi connectivity index (χ0n) is 16.5. The Morgan fingerprint density at radius 3 is 2.60 bits per heavy atom. The first-order chi connectivity index (χ1) is 14.4. The fraction of sp³-hybridized carbons (Fsp3) is 0.190. The average molecular weight is 404 g/mol. The van der Waals surface area contributed by atoms with Gasteiger partial charge in [0.05, 0.1) is 11.6 Å². The maximum Gasteiger partial charge on any atom is 0.347 e. The number of nitrogens with zero attached hydrogens (tertiary/aromatic N) is 4. The Bertz CT molecular complexity index is 1080. The predicted octanol–water partition coefficient (Wildman–Crippen LogP) is 2.89. The number of carbonyl (C=O) groups is 1. The number of carbonyl (C=O) groups excluding carboxylic acids is 1. The van der Waals surface area contributed by atoms with E-state index in [1.807, 2.05) is 37.3 Å². The normalized spacial score (nSPS) is 11.2. The molecule has 1 aromatic heterocycles. The van der Waals surface area contributed by atoms with Crippen LogP contribution >= 0.6 is 0 Å². The first kappa shape index (κ1) is 20.5. The van der Waals surface area contributed by atoms with E-state index in [1.54, 1.807) is 31.2 Å². The second kappa shape index (κ2) is 9.34. The molecule has 0 fully saturated rings. The third-order valence-electron chi connectivity index (χ3n) is 4.06. The summed E-state index contributed by atoms with van der Waals surface area (Å²) in [5.41, 5.74) is 8.09. The van der Waals surface area contributed by atoms with Crippen LogP contribution in [0.1, 0.15) is 23.9 Å². The number of nitrogen functional groups attached to an aromatic ring is 1. The van der Waals surface area contributed by atoms with E-state index in [2.05, 4.69) is 20.3 Å². The van der Waals surface area contributed by atoms with Crippen molar-refractivity contribution in [2.45, 2.75) is 26.6 Å². The van der Waals surface area contributed by atoms with Gasteiger partial charge in [0.1, 0.15) is 5.75 Å². The molecule has 0 aliphatic rings. The molecule has 1 heterocycles. The zero-order valence-corrected chi connectivity index (χ0v) is 16.5. The van der Waals surface area contributed by atoms with Crippen LogP contribution in [0.25, 0.3) is 0 Å². The Morgan fingerprint density at radius 1 is 1.17 bits per heavy atom. The van der Waals surface area contributed by atoms with Crippen molar-refractivity contribution in [2.24, 2.45) is 0 Å². The summed E-state index contributed by atoms with van der Waals surface area (Å²) >= 11 is 0. The van der Waals surface area contributed by atoms with Crippen molar-refractivity contribution in [1.29, 1.82) is 5.26 Å². The highest BCUT2D eigenvalue weighted by Crippen LogP contribution is 2.18. The Kier molecular flexibility index (Phi) is 6.39. The van der Waals surface area contributed by atoms with E-state index in [9.17, 15) is 4.79 Å². The number of benzene rings is 2. The first-order valence-electron chi connectivity index (χ1n) is 9.11. The van der Waals surface area contributed by atoms with Crippen molar-refractivity contribution in [3.05, 3.63) is 65.5 Å². The summed E-state index contributed by atoms with van der Waals surface area (Å²) in [6.07, 6.45) is -0.860. The van der Waals surface area contributed by atoms with Crippen LogP contribution in [0.2, 0.25) is 0 Å². The van der Waals surface area contributed by atoms with E-state index in [4.69, 9.17) is 20.5 Å². The number of anilines is 3. The molecule has 0 aliphatic heterocycles. The number of aryl methyl sites for hydroxylation is 1. The highest BCUT2D eigenvalue weighted by atomic mass is 16.6. The molecule has 9 nitrogen and oxygen atoms in total. The van der Waals surface area contributed by atoms with Crippen LogP contribution in [0.5, 0.6) is 5.75 Å². The van der Waals surface area contributed by atoms with E-state index in [0.29, 0.717) is 11.3 Å².